The third-order valence-electron chi connectivity index (χ3n) is 7.13. The van der Waals surface area contributed by atoms with Crippen molar-refractivity contribution in [1.29, 1.82) is 0 Å². The van der Waals surface area contributed by atoms with Gasteiger partial charge in [0.25, 0.3) is 0 Å². The van der Waals surface area contributed by atoms with E-state index in [0.29, 0.717) is 24.4 Å². The molecule has 28 heavy (non-hydrogen) atoms. The molecule has 1 aromatic heterocycles. The molecule has 3 aliphatic rings. The number of hydrogen-bond acceptors (Lipinski definition) is 4. The molecule has 1 aliphatic carbocycles. The number of benzene rings is 1. The predicted molar refractivity (Wildman–Crippen MR) is 115 cm³/mol. The Kier molecular flexibility index (Phi) is 5.38. The first-order valence-electron chi connectivity index (χ1n) is 11.2. The highest BCUT2D eigenvalue weighted by Gasteiger charge is 2.35. The second-order valence-electron chi connectivity index (χ2n) is 8.92. The molecule has 5 rings (SSSR count). The summed E-state index contributed by atoms with van der Waals surface area (Å²) >= 11 is 1.81. The minimum atomic E-state index is 0.344. The minimum Gasteiger partial charge on any atom is -0.341 e. The highest BCUT2D eigenvalue weighted by atomic mass is 32.1. The van der Waals surface area contributed by atoms with Gasteiger partial charge in [-0.3, -0.25) is 9.69 Å². The minimum absolute atomic E-state index is 0.344. The van der Waals surface area contributed by atoms with Crippen molar-refractivity contribution in [3.63, 3.8) is 0 Å². The summed E-state index contributed by atoms with van der Waals surface area (Å²) in [7, 11) is 0. The van der Waals surface area contributed by atoms with Crippen molar-refractivity contribution in [3.8, 4) is 0 Å². The Morgan fingerprint density at radius 3 is 2.79 bits per heavy atom. The third-order valence-corrected chi connectivity index (χ3v) is 8.33. The van der Waals surface area contributed by atoms with E-state index in [1.54, 1.807) is 0 Å². The molecule has 0 unspecified atom stereocenters. The summed E-state index contributed by atoms with van der Waals surface area (Å²) in [5, 5.41) is 1.21. The lowest BCUT2D eigenvalue weighted by molar-refractivity contribution is -0.135. The predicted octanol–water partition coefficient (Wildman–Crippen LogP) is 4.66. The summed E-state index contributed by atoms with van der Waals surface area (Å²) in [5.41, 5.74) is 1.10. The van der Waals surface area contributed by atoms with E-state index in [1.807, 2.05) is 11.3 Å². The molecule has 3 atom stereocenters. The molecular weight excluding hydrogens is 366 g/mol. The van der Waals surface area contributed by atoms with Crippen LogP contribution < -0.4 is 0 Å². The van der Waals surface area contributed by atoms with Crippen LogP contribution in [0.15, 0.2) is 24.3 Å². The number of likely N-dealkylation sites (tertiary alicyclic amines) is 2. The van der Waals surface area contributed by atoms with Gasteiger partial charge in [-0.15, -0.1) is 11.3 Å². The van der Waals surface area contributed by atoms with Crippen LogP contribution in [0.3, 0.4) is 0 Å². The van der Waals surface area contributed by atoms with Gasteiger partial charge in [0.1, 0.15) is 0 Å². The van der Waals surface area contributed by atoms with Crippen LogP contribution in [0.5, 0.6) is 0 Å². The van der Waals surface area contributed by atoms with E-state index in [1.165, 1.54) is 48.2 Å². The Morgan fingerprint density at radius 1 is 1.04 bits per heavy atom. The summed E-state index contributed by atoms with van der Waals surface area (Å²) < 4.78 is 1.26. The van der Waals surface area contributed by atoms with Crippen molar-refractivity contribution in [2.45, 2.75) is 63.3 Å². The van der Waals surface area contributed by atoms with Gasteiger partial charge < -0.3 is 4.90 Å². The molecule has 0 bridgehead atoms. The van der Waals surface area contributed by atoms with Gasteiger partial charge >= 0.3 is 0 Å². The van der Waals surface area contributed by atoms with Crippen molar-refractivity contribution in [2.24, 2.45) is 5.92 Å². The van der Waals surface area contributed by atoms with Gasteiger partial charge in [-0.25, -0.2) is 4.98 Å². The first-order valence-corrected chi connectivity index (χ1v) is 12.0. The molecule has 2 saturated heterocycles. The van der Waals surface area contributed by atoms with E-state index in [0.717, 1.165) is 43.9 Å². The standard InChI is InChI=1S/C23H31N3OS/c27-22(16-25-13-5-8-17-7-1-3-11-20(17)25)26-14-6-9-18(15-26)23-24-19-10-2-4-12-21(19)28-23/h2,4,10,12,17-18,20H,1,3,5-9,11,13-16H2/t17-,18+,20+/m0/s1. The van der Waals surface area contributed by atoms with Gasteiger partial charge in [0.2, 0.25) is 5.91 Å². The number of nitrogens with zero attached hydrogens (tertiary/aromatic N) is 3. The molecule has 1 aromatic carbocycles. The second-order valence-corrected chi connectivity index (χ2v) is 9.99. The average Bonchev–Trinajstić information content (AvgIpc) is 3.18. The fourth-order valence-corrected chi connectivity index (χ4v) is 6.76. The molecule has 0 radical (unpaired) electrons. The Hall–Kier alpha value is -1.46. The van der Waals surface area contributed by atoms with Crippen molar-refractivity contribution < 1.29 is 4.79 Å². The van der Waals surface area contributed by atoms with E-state index < -0.39 is 0 Å². The summed E-state index contributed by atoms with van der Waals surface area (Å²) in [6.07, 6.45) is 10.3. The SMILES string of the molecule is O=C(CN1CCC[C@@H]2CCCC[C@H]21)N1CCC[C@@H](c2nc3ccccc3s2)C1. The second kappa shape index (κ2) is 8.11. The van der Waals surface area contributed by atoms with Gasteiger partial charge in [0.05, 0.1) is 21.8 Å². The third kappa shape index (κ3) is 3.71. The normalized spacial score (nSPS) is 29.0. The van der Waals surface area contributed by atoms with Crippen molar-refractivity contribution >= 4 is 27.5 Å². The van der Waals surface area contributed by atoms with E-state index in [2.05, 4.69) is 34.1 Å². The van der Waals surface area contributed by atoms with Crippen LogP contribution in [0.2, 0.25) is 0 Å². The summed E-state index contributed by atoms with van der Waals surface area (Å²) in [6, 6.07) is 9.05. The van der Waals surface area contributed by atoms with Crippen LogP contribution in [-0.2, 0) is 4.79 Å². The first kappa shape index (κ1) is 18.6. The van der Waals surface area contributed by atoms with Crippen LogP contribution >= 0.6 is 11.3 Å². The number of carbonyl (C=O) groups is 1. The van der Waals surface area contributed by atoms with Crippen LogP contribution in [0.1, 0.15) is 62.3 Å². The fraction of sp³-hybridized carbons (Fsp3) is 0.652. The van der Waals surface area contributed by atoms with E-state index >= 15 is 0 Å². The van der Waals surface area contributed by atoms with Crippen molar-refractivity contribution in [1.82, 2.24) is 14.8 Å². The molecule has 3 heterocycles. The average molecular weight is 398 g/mol. The Balaban J connectivity index is 1.25. The number of piperidine rings is 2. The lowest BCUT2D eigenvalue weighted by atomic mass is 9.78. The fourth-order valence-electron chi connectivity index (χ4n) is 5.67. The molecular formula is C23H31N3OS. The molecule has 5 heteroatoms. The summed E-state index contributed by atoms with van der Waals surface area (Å²) in [4.78, 5) is 22.7. The number of hydrogen-bond donors (Lipinski definition) is 0. The maximum Gasteiger partial charge on any atom is 0.236 e. The van der Waals surface area contributed by atoms with E-state index in [-0.39, 0.29) is 0 Å². The lowest BCUT2D eigenvalue weighted by Crippen LogP contribution is -2.52. The van der Waals surface area contributed by atoms with Gasteiger partial charge in [0.15, 0.2) is 0 Å². The van der Waals surface area contributed by atoms with E-state index in [9.17, 15) is 4.79 Å². The zero-order valence-corrected chi connectivity index (χ0v) is 17.5. The Morgan fingerprint density at radius 2 is 1.86 bits per heavy atom. The topological polar surface area (TPSA) is 36.4 Å². The zero-order chi connectivity index (χ0) is 18.9. The number of rotatable bonds is 3. The monoisotopic (exact) mass is 397 g/mol. The Labute approximate surface area is 171 Å². The number of amides is 1. The van der Waals surface area contributed by atoms with Crippen LogP contribution in [0, 0.1) is 5.92 Å². The Bertz CT molecular complexity index is 799. The van der Waals surface area contributed by atoms with E-state index in [4.69, 9.17) is 4.98 Å². The number of thiazole rings is 1. The maximum atomic E-state index is 13.2. The van der Waals surface area contributed by atoms with Crippen molar-refractivity contribution in [2.75, 3.05) is 26.2 Å². The molecule has 4 nitrogen and oxygen atoms in total. The molecule has 1 amide bonds. The molecule has 2 aromatic rings. The summed E-state index contributed by atoms with van der Waals surface area (Å²) in [5.74, 6) is 1.59. The van der Waals surface area contributed by atoms with Gasteiger partial charge in [-0.1, -0.05) is 25.0 Å². The maximum absolute atomic E-state index is 13.2. The quantitative estimate of drug-likeness (QED) is 0.756. The van der Waals surface area contributed by atoms with Crippen molar-refractivity contribution in [3.05, 3.63) is 29.3 Å². The molecule has 2 aliphatic heterocycles. The zero-order valence-electron chi connectivity index (χ0n) is 16.7. The molecule has 3 fully saturated rings. The number of fused-ring (bicyclic) bond motifs is 2. The molecule has 150 valence electrons. The van der Waals surface area contributed by atoms with Gasteiger partial charge in [-0.2, -0.15) is 0 Å². The smallest absolute Gasteiger partial charge is 0.236 e. The van der Waals surface area contributed by atoms with Crippen LogP contribution in [-0.4, -0.2) is 52.9 Å². The number of aromatic nitrogens is 1. The van der Waals surface area contributed by atoms with Gasteiger partial charge in [-0.05, 0) is 63.1 Å². The number of carbonyl (C=O) groups excluding carboxylic acids is 1. The largest absolute Gasteiger partial charge is 0.341 e. The summed E-state index contributed by atoms with van der Waals surface area (Å²) in [6.45, 7) is 3.51. The van der Waals surface area contributed by atoms with Gasteiger partial charge in [0, 0.05) is 25.0 Å². The molecule has 1 saturated carbocycles. The first-order chi connectivity index (χ1) is 13.8. The lowest BCUT2D eigenvalue weighted by Gasteiger charge is -2.44. The molecule has 0 N–H and O–H groups in total. The van der Waals surface area contributed by atoms with Crippen LogP contribution in [0.4, 0.5) is 0 Å². The highest BCUT2D eigenvalue weighted by molar-refractivity contribution is 7.18. The number of para-hydroxylation sites is 1. The van der Waals surface area contributed by atoms with Crippen LogP contribution in [0.25, 0.3) is 10.2 Å². The highest BCUT2D eigenvalue weighted by Crippen LogP contribution is 2.36. The molecule has 0 spiro atoms.